The van der Waals surface area contributed by atoms with Gasteiger partial charge in [-0.15, -0.1) is 0 Å². The van der Waals surface area contributed by atoms with Gasteiger partial charge in [0.25, 0.3) is 5.69 Å². The zero-order chi connectivity index (χ0) is 20.1. The Morgan fingerprint density at radius 1 is 1.21 bits per heavy atom. The summed E-state index contributed by atoms with van der Waals surface area (Å²) < 4.78 is 0. The highest BCUT2D eigenvalue weighted by atomic mass is 16.6. The number of nitrogens with one attached hydrogen (secondary N) is 1. The number of rotatable bonds is 5. The molecule has 7 nitrogen and oxygen atoms in total. The highest BCUT2D eigenvalue weighted by molar-refractivity contribution is 5.79. The van der Waals surface area contributed by atoms with Crippen molar-refractivity contribution < 1.29 is 9.72 Å². The van der Waals surface area contributed by atoms with Crippen LogP contribution in [0.25, 0.3) is 0 Å². The minimum absolute atomic E-state index is 0.000860. The number of para-hydroxylation sites is 2. The van der Waals surface area contributed by atoms with Crippen LogP contribution >= 0.6 is 0 Å². The second-order valence-corrected chi connectivity index (χ2v) is 6.97. The van der Waals surface area contributed by atoms with E-state index in [1.54, 1.807) is 30.3 Å². The molecule has 0 bridgehead atoms. The largest absolute Gasteiger partial charge is 0.366 e. The van der Waals surface area contributed by atoms with Crippen LogP contribution in [0.5, 0.6) is 0 Å². The molecule has 28 heavy (non-hydrogen) atoms. The number of nitriles is 1. The highest BCUT2D eigenvalue weighted by Crippen LogP contribution is 2.31. The Labute approximate surface area is 163 Å². The molecule has 1 fully saturated rings. The summed E-state index contributed by atoms with van der Waals surface area (Å²) in [5, 5.41) is 23.1. The summed E-state index contributed by atoms with van der Waals surface area (Å²) in [5.41, 5.74) is 2.24. The molecule has 1 amide bonds. The molecule has 1 atom stereocenters. The van der Waals surface area contributed by atoms with Crippen LogP contribution in [0, 0.1) is 27.4 Å². The van der Waals surface area contributed by atoms with E-state index >= 15 is 0 Å². The molecule has 0 aromatic heterocycles. The quantitative estimate of drug-likeness (QED) is 0.633. The van der Waals surface area contributed by atoms with E-state index in [9.17, 15) is 14.9 Å². The van der Waals surface area contributed by atoms with Crippen LogP contribution in [-0.4, -0.2) is 23.9 Å². The summed E-state index contributed by atoms with van der Waals surface area (Å²) in [7, 11) is 0. The summed E-state index contributed by atoms with van der Waals surface area (Å²) in [6.07, 6.45) is 1.30. The molecule has 2 aromatic rings. The number of nitro benzene ring substituents is 1. The van der Waals surface area contributed by atoms with Crippen LogP contribution in [0.2, 0.25) is 0 Å². The average molecular weight is 378 g/mol. The molecule has 1 aliphatic rings. The number of nitro groups is 1. The molecule has 0 saturated carbocycles. The maximum atomic E-state index is 12.6. The third kappa shape index (κ3) is 4.29. The Bertz CT molecular complexity index is 897. The molecule has 1 heterocycles. The number of amides is 1. The summed E-state index contributed by atoms with van der Waals surface area (Å²) in [5.74, 6) is -0.112. The number of nitrogens with zero attached hydrogens (tertiary/aromatic N) is 3. The second kappa shape index (κ2) is 8.53. The standard InChI is InChI=1S/C21H22N4O3/c1-15(17-8-6-16(14-22)7-9-17)23-21(26)18-10-12-24(13-11-18)19-4-2-3-5-20(19)25(27)28/h2-9,15,18H,10-13H2,1H3,(H,23,26). The van der Waals surface area contributed by atoms with Gasteiger partial charge in [0.1, 0.15) is 5.69 Å². The van der Waals surface area contributed by atoms with Crippen molar-refractivity contribution in [3.05, 3.63) is 69.8 Å². The fourth-order valence-corrected chi connectivity index (χ4v) is 3.53. The SMILES string of the molecule is CC(NC(=O)C1CCN(c2ccccc2[N+](=O)[O-])CC1)c1ccc(C#N)cc1. The first kappa shape index (κ1) is 19.4. The normalized spacial score (nSPS) is 15.5. The highest BCUT2D eigenvalue weighted by Gasteiger charge is 2.28. The van der Waals surface area contributed by atoms with Gasteiger partial charge in [0.15, 0.2) is 0 Å². The Morgan fingerprint density at radius 2 is 1.86 bits per heavy atom. The van der Waals surface area contributed by atoms with E-state index in [2.05, 4.69) is 11.4 Å². The Hall–Kier alpha value is -3.40. The van der Waals surface area contributed by atoms with Gasteiger partial charge in [-0.3, -0.25) is 14.9 Å². The van der Waals surface area contributed by atoms with Crippen LogP contribution < -0.4 is 10.2 Å². The number of benzene rings is 2. The first-order valence-electron chi connectivity index (χ1n) is 9.28. The number of carbonyl (C=O) groups excluding carboxylic acids is 1. The van der Waals surface area contributed by atoms with Crippen LogP contribution in [0.3, 0.4) is 0 Å². The summed E-state index contributed by atoms with van der Waals surface area (Å²) >= 11 is 0. The Morgan fingerprint density at radius 3 is 2.46 bits per heavy atom. The third-order valence-corrected chi connectivity index (χ3v) is 5.18. The molecule has 1 saturated heterocycles. The van der Waals surface area contributed by atoms with Gasteiger partial charge < -0.3 is 10.2 Å². The lowest BCUT2D eigenvalue weighted by Crippen LogP contribution is -2.41. The van der Waals surface area contributed by atoms with Gasteiger partial charge in [-0.1, -0.05) is 24.3 Å². The molecular formula is C21H22N4O3. The number of hydrogen-bond donors (Lipinski definition) is 1. The van der Waals surface area contributed by atoms with Crippen molar-refractivity contribution in [2.45, 2.75) is 25.8 Å². The molecule has 0 aliphatic carbocycles. The molecular weight excluding hydrogens is 356 g/mol. The van der Waals surface area contributed by atoms with Gasteiger partial charge in [-0.25, -0.2) is 0 Å². The maximum absolute atomic E-state index is 12.6. The van der Waals surface area contributed by atoms with Crippen LogP contribution in [0.1, 0.15) is 36.9 Å². The lowest BCUT2D eigenvalue weighted by Gasteiger charge is -2.33. The first-order chi connectivity index (χ1) is 13.5. The Kier molecular flexibility index (Phi) is 5.90. The van der Waals surface area contributed by atoms with Gasteiger partial charge in [0, 0.05) is 25.1 Å². The van der Waals surface area contributed by atoms with Gasteiger partial charge in [-0.05, 0) is 43.5 Å². The lowest BCUT2D eigenvalue weighted by molar-refractivity contribution is -0.384. The molecule has 0 radical (unpaired) electrons. The van der Waals surface area contributed by atoms with Crippen LogP contribution in [0.4, 0.5) is 11.4 Å². The Balaban J connectivity index is 1.58. The van der Waals surface area contributed by atoms with E-state index in [-0.39, 0.29) is 28.5 Å². The number of anilines is 1. The van der Waals surface area contributed by atoms with Crippen molar-refractivity contribution in [3.8, 4) is 6.07 Å². The maximum Gasteiger partial charge on any atom is 0.292 e. The van der Waals surface area contributed by atoms with E-state index < -0.39 is 0 Å². The molecule has 144 valence electrons. The van der Waals surface area contributed by atoms with Crippen molar-refractivity contribution in [2.75, 3.05) is 18.0 Å². The minimum Gasteiger partial charge on any atom is -0.366 e. The van der Waals surface area contributed by atoms with E-state index in [0.717, 1.165) is 5.56 Å². The summed E-state index contributed by atoms with van der Waals surface area (Å²) in [6.45, 7) is 3.13. The summed E-state index contributed by atoms with van der Waals surface area (Å²) in [6, 6.07) is 15.8. The van der Waals surface area contributed by atoms with Gasteiger partial charge in [0.2, 0.25) is 5.91 Å². The average Bonchev–Trinajstić information content (AvgIpc) is 2.73. The number of piperidine rings is 1. The molecule has 0 spiro atoms. The van der Waals surface area contributed by atoms with Crippen molar-refractivity contribution >= 4 is 17.3 Å². The third-order valence-electron chi connectivity index (χ3n) is 5.18. The first-order valence-corrected chi connectivity index (χ1v) is 9.28. The smallest absolute Gasteiger partial charge is 0.292 e. The molecule has 2 aromatic carbocycles. The van der Waals surface area contributed by atoms with Crippen LogP contribution in [-0.2, 0) is 4.79 Å². The van der Waals surface area contributed by atoms with Gasteiger partial charge in [-0.2, -0.15) is 5.26 Å². The fourth-order valence-electron chi connectivity index (χ4n) is 3.53. The van der Waals surface area contributed by atoms with Gasteiger partial charge >= 0.3 is 0 Å². The molecule has 1 aliphatic heterocycles. The lowest BCUT2D eigenvalue weighted by atomic mass is 9.94. The van der Waals surface area contributed by atoms with E-state index in [0.29, 0.717) is 37.2 Å². The van der Waals surface area contributed by atoms with Crippen LogP contribution in [0.15, 0.2) is 48.5 Å². The topological polar surface area (TPSA) is 99.3 Å². The van der Waals surface area contributed by atoms with E-state index in [4.69, 9.17) is 5.26 Å². The zero-order valence-corrected chi connectivity index (χ0v) is 15.7. The van der Waals surface area contributed by atoms with Gasteiger partial charge in [0.05, 0.1) is 22.6 Å². The molecule has 7 heteroatoms. The van der Waals surface area contributed by atoms with Crippen molar-refractivity contribution in [3.63, 3.8) is 0 Å². The number of carbonyl (C=O) groups is 1. The predicted molar refractivity (Wildman–Crippen MR) is 106 cm³/mol. The molecule has 1 unspecified atom stereocenters. The molecule has 3 rings (SSSR count). The fraction of sp³-hybridized carbons (Fsp3) is 0.333. The second-order valence-electron chi connectivity index (χ2n) is 6.97. The number of hydrogen-bond acceptors (Lipinski definition) is 5. The predicted octanol–water partition coefficient (Wildman–Crippen LogP) is 3.56. The van der Waals surface area contributed by atoms with Crippen molar-refractivity contribution in [2.24, 2.45) is 5.92 Å². The monoisotopic (exact) mass is 378 g/mol. The van der Waals surface area contributed by atoms with E-state index in [1.165, 1.54) is 6.07 Å². The molecule has 1 N–H and O–H groups in total. The zero-order valence-electron chi connectivity index (χ0n) is 15.7. The van der Waals surface area contributed by atoms with Crippen molar-refractivity contribution in [1.29, 1.82) is 5.26 Å². The summed E-state index contributed by atoms with van der Waals surface area (Å²) in [4.78, 5) is 25.5. The van der Waals surface area contributed by atoms with E-state index in [1.807, 2.05) is 24.0 Å². The minimum atomic E-state index is -0.368. The van der Waals surface area contributed by atoms with Crippen molar-refractivity contribution in [1.82, 2.24) is 5.32 Å².